The lowest BCUT2D eigenvalue weighted by Gasteiger charge is -2.12. The summed E-state index contributed by atoms with van der Waals surface area (Å²) in [5.74, 6) is -0.0250. The first-order valence-corrected chi connectivity index (χ1v) is 8.58. The van der Waals surface area contributed by atoms with Crippen molar-refractivity contribution in [3.63, 3.8) is 0 Å². The van der Waals surface area contributed by atoms with E-state index in [0.717, 1.165) is 4.47 Å². The maximum atomic E-state index is 12.2. The summed E-state index contributed by atoms with van der Waals surface area (Å²) in [6, 6.07) is 13.8. The molecule has 7 nitrogen and oxygen atoms in total. The summed E-state index contributed by atoms with van der Waals surface area (Å²) in [4.78, 5) is 24.0. The first kappa shape index (κ1) is 19.7. The number of benzene rings is 2. The van der Waals surface area contributed by atoms with Crippen molar-refractivity contribution in [1.29, 1.82) is 0 Å². The maximum Gasteiger partial charge on any atom is 0.276 e. The minimum absolute atomic E-state index is 0.228. The van der Waals surface area contributed by atoms with E-state index < -0.39 is 11.8 Å². The monoisotopic (exact) mass is 422 g/mol. The summed E-state index contributed by atoms with van der Waals surface area (Å²) in [7, 11) is 1.56. The molecule has 0 aliphatic carbocycles. The summed E-state index contributed by atoms with van der Waals surface area (Å²) >= 11 is 3.31. The van der Waals surface area contributed by atoms with Gasteiger partial charge in [-0.15, -0.1) is 0 Å². The smallest absolute Gasteiger partial charge is 0.276 e. The van der Waals surface area contributed by atoms with Crippen LogP contribution in [-0.2, 0) is 9.53 Å². The molecular formula is C18H19BrN2O5. The Morgan fingerprint density at radius 3 is 2.42 bits per heavy atom. The van der Waals surface area contributed by atoms with Gasteiger partial charge in [-0.25, -0.2) is 0 Å². The van der Waals surface area contributed by atoms with Crippen molar-refractivity contribution in [2.45, 2.75) is 0 Å². The molecule has 0 aromatic heterocycles. The topological polar surface area (TPSA) is 85.9 Å². The minimum atomic E-state index is -0.491. The SMILES string of the molecule is COCCOc1ccccc1C(=O)NNC(=O)COc1ccc(Br)cc1. The highest BCUT2D eigenvalue weighted by Gasteiger charge is 2.13. The third kappa shape index (κ3) is 6.38. The van der Waals surface area contributed by atoms with Crippen LogP contribution in [0.25, 0.3) is 0 Å². The lowest BCUT2D eigenvalue weighted by atomic mass is 10.2. The summed E-state index contributed by atoms with van der Waals surface area (Å²) < 4.78 is 16.6. The van der Waals surface area contributed by atoms with E-state index in [0.29, 0.717) is 30.3 Å². The Balaban J connectivity index is 1.82. The predicted octanol–water partition coefficient (Wildman–Crippen LogP) is 2.31. The average Bonchev–Trinajstić information content (AvgIpc) is 2.66. The minimum Gasteiger partial charge on any atom is -0.490 e. The van der Waals surface area contributed by atoms with E-state index >= 15 is 0 Å². The van der Waals surface area contributed by atoms with Crippen LogP contribution in [0.15, 0.2) is 53.0 Å². The Hall–Kier alpha value is -2.58. The lowest BCUT2D eigenvalue weighted by Crippen LogP contribution is -2.43. The Morgan fingerprint density at radius 1 is 0.962 bits per heavy atom. The van der Waals surface area contributed by atoms with Gasteiger partial charge in [0.05, 0.1) is 12.2 Å². The molecule has 138 valence electrons. The second-order valence-electron chi connectivity index (χ2n) is 5.08. The molecule has 0 radical (unpaired) electrons. The molecule has 0 bridgehead atoms. The lowest BCUT2D eigenvalue weighted by molar-refractivity contribution is -0.123. The van der Waals surface area contributed by atoms with Gasteiger partial charge in [0.1, 0.15) is 18.1 Å². The first-order chi connectivity index (χ1) is 12.6. The van der Waals surface area contributed by atoms with E-state index in [1.54, 1.807) is 55.6 Å². The Labute approximate surface area is 159 Å². The maximum absolute atomic E-state index is 12.2. The fraction of sp³-hybridized carbons (Fsp3) is 0.222. The number of hydrazine groups is 1. The zero-order valence-electron chi connectivity index (χ0n) is 14.2. The number of rotatable bonds is 8. The molecule has 0 spiro atoms. The molecule has 2 aromatic carbocycles. The molecule has 2 rings (SSSR count). The van der Waals surface area contributed by atoms with Gasteiger partial charge in [-0.3, -0.25) is 20.4 Å². The van der Waals surface area contributed by atoms with Gasteiger partial charge in [-0.05, 0) is 36.4 Å². The molecule has 8 heteroatoms. The molecule has 0 atom stereocenters. The molecule has 0 saturated carbocycles. The molecule has 0 aliphatic heterocycles. The van der Waals surface area contributed by atoms with Crippen LogP contribution in [0, 0.1) is 0 Å². The van der Waals surface area contributed by atoms with Crippen LogP contribution < -0.4 is 20.3 Å². The van der Waals surface area contributed by atoms with Gasteiger partial charge in [0, 0.05) is 11.6 Å². The molecule has 0 heterocycles. The van der Waals surface area contributed by atoms with E-state index in [9.17, 15) is 9.59 Å². The molecule has 0 fully saturated rings. The molecule has 26 heavy (non-hydrogen) atoms. The molecule has 0 aliphatic rings. The van der Waals surface area contributed by atoms with Gasteiger partial charge in [0.25, 0.3) is 11.8 Å². The first-order valence-electron chi connectivity index (χ1n) is 7.78. The number of para-hydroxylation sites is 1. The summed E-state index contributed by atoms with van der Waals surface area (Å²) in [5, 5.41) is 0. The number of carbonyl (C=O) groups is 2. The van der Waals surface area contributed by atoms with Crippen molar-refractivity contribution in [3.05, 3.63) is 58.6 Å². The van der Waals surface area contributed by atoms with Crippen LogP contribution >= 0.6 is 15.9 Å². The Morgan fingerprint density at radius 2 is 1.69 bits per heavy atom. The zero-order valence-corrected chi connectivity index (χ0v) is 15.7. The number of hydrogen-bond acceptors (Lipinski definition) is 5. The number of halogens is 1. The second kappa shape index (κ2) is 10.4. The van der Waals surface area contributed by atoms with Gasteiger partial charge >= 0.3 is 0 Å². The van der Waals surface area contributed by atoms with Gasteiger partial charge in [-0.1, -0.05) is 28.1 Å². The Bertz CT molecular complexity index is 737. The van der Waals surface area contributed by atoms with E-state index in [1.807, 2.05) is 0 Å². The molecule has 2 amide bonds. The largest absolute Gasteiger partial charge is 0.490 e. The highest BCUT2D eigenvalue weighted by Crippen LogP contribution is 2.17. The van der Waals surface area contributed by atoms with Gasteiger partial charge in [0.2, 0.25) is 0 Å². The van der Waals surface area contributed by atoms with Crippen LogP contribution in [0.5, 0.6) is 11.5 Å². The number of hydrogen-bond donors (Lipinski definition) is 2. The van der Waals surface area contributed by atoms with E-state index in [4.69, 9.17) is 14.2 Å². The van der Waals surface area contributed by atoms with Crippen LogP contribution in [0.4, 0.5) is 0 Å². The van der Waals surface area contributed by atoms with E-state index in [2.05, 4.69) is 26.8 Å². The number of ether oxygens (including phenoxy) is 3. The van der Waals surface area contributed by atoms with Crippen molar-refractivity contribution in [3.8, 4) is 11.5 Å². The van der Waals surface area contributed by atoms with Crippen LogP contribution in [0.3, 0.4) is 0 Å². The van der Waals surface area contributed by atoms with Crippen molar-refractivity contribution >= 4 is 27.7 Å². The van der Waals surface area contributed by atoms with Crippen molar-refractivity contribution < 1.29 is 23.8 Å². The fourth-order valence-electron chi connectivity index (χ4n) is 1.92. The molecule has 2 aromatic rings. The quantitative estimate of drug-likeness (QED) is 0.503. The van der Waals surface area contributed by atoms with Gasteiger partial charge < -0.3 is 14.2 Å². The second-order valence-corrected chi connectivity index (χ2v) is 6.00. The van der Waals surface area contributed by atoms with Crippen LogP contribution in [0.2, 0.25) is 0 Å². The van der Waals surface area contributed by atoms with Crippen molar-refractivity contribution in [1.82, 2.24) is 10.9 Å². The average molecular weight is 423 g/mol. The molecule has 2 N–H and O–H groups in total. The van der Waals surface area contributed by atoms with E-state index in [-0.39, 0.29) is 6.61 Å². The van der Waals surface area contributed by atoms with Gasteiger partial charge in [-0.2, -0.15) is 0 Å². The molecule has 0 unspecified atom stereocenters. The molecule has 0 saturated heterocycles. The summed E-state index contributed by atoms with van der Waals surface area (Å²) in [5.41, 5.74) is 4.95. The predicted molar refractivity (Wildman–Crippen MR) is 99.1 cm³/mol. The van der Waals surface area contributed by atoms with Crippen LogP contribution in [0.1, 0.15) is 10.4 Å². The number of amides is 2. The highest BCUT2D eigenvalue weighted by molar-refractivity contribution is 9.10. The van der Waals surface area contributed by atoms with Crippen molar-refractivity contribution in [2.24, 2.45) is 0 Å². The van der Waals surface area contributed by atoms with E-state index in [1.165, 1.54) is 0 Å². The summed E-state index contributed by atoms with van der Waals surface area (Å²) in [6.45, 7) is 0.488. The third-order valence-electron chi connectivity index (χ3n) is 3.18. The number of nitrogens with one attached hydrogen (secondary N) is 2. The highest BCUT2D eigenvalue weighted by atomic mass is 79.9. The molecular weight excluding hydrogens is 404 g/mol. The van der Waals surface area contributed by atoms with Crippen LogP contribution in [-0.4, -0.2) is 38.7 Å². The normalized spacial score (nSPS) is 10.1. The fourth-order valence-corrected chi connectivity index (χ4v) is 2.19. The van der Waals surface area contributed by atoms with Gasteiger partial charge in [0.15, 0.2) is 6.61 Å². The number of carbonyl (C=O) groups excluding carboxylic acids is 2. The standard InChI is InChI=1S/C18H19BrN2O5/c1-24-10-11-25-16-5-3-2-4-15(16)18(23)21-20-17(22)12-26-14-8-6-13(19)7-9-14/h2-9H,10-12H2,1H3,(H,20,22)(H,21,23). The zero-order chi connectivity index (χ0) is 18.8. The number of methoxy groups -OCH3 is 1. The van der Waals surface area contributed by atoms with Crippen molar-refractivity contribution in [2.75, 3.05) is 26.9 Å². The Kier molecular flexibility index (Phi) is 7.91. The third-order valence-corrected chi connectivity index (χ3v) is 3.70. The summed E-state index contributed by atoms with van der Waals surface area (Å²) in [6.07, 6.45) is 0.